The maximum Gasteiger partial charge on any atom is 0.136 e. The van der Waals surface area contributed by atoms with E-state index in [9.17, 15) is 5.48 Å². The van der Waals surface area contributed by atoms with Gasteiger partial charge in [0.05, 0.1) is 5.48 Å². The molecule has 12 aromatic rings. The number of benzene rings is 11. The molecule has 62 heavy (non-hydrogen) atoms. The number of rotatable bonds is 7. The number of hydrogen-bond donors (Lipinski definition) is 0. The molecule has 12 rings (SSSR count). The van der Waals surface area contributed by atoms with Gasteiger partial charge in [0.2, 0.25) is 0 Å². The summed E-state index contributed by atoms with van der Waals surface area (Å²) in [6.45, 7) is 0. The second kappa shape index (κ2) is 14.8. The van der Waals surface area contributed by atoms with Crippen LogP contribution in [-0.4, -0.2) is 0 Å². The SMILES string of the molecule is [2H]c1c([2H])c(N(c2ccc(-c3ccc(-c4cccc5c4ccc4ccccc45)cc3)cc2)c2ccc(-c3cccc4ccccc34)cc2)c([2H])c([2H])c1-c1cccc2oc3ccccc3c12. The molecule has 0 aliphatic heterocycles. The molecule has 1 aromatic heterocycles. The third-order valence-electron chi connectivity index (χ3n) is 12.2. The van der Waals surface area contributed by atoms with Crippen LogP contribution >= 0.6 is 0 Å². The van der Waals surface area contributed by atoms with Crippen molar-refractivity contribution in [1.82, 2.24) is 0 Å². The van der Waals surface area contributed by atoms with E-state index in [1.165, 1.54) is 27.1 Å². The van der Waals surface area contributed by atoms with Gasteiger partial charge < -0.3 is 9.32 Å². The van der Waals surface area contributed by atoms with Crippen LogP contribution in [0, 0.1) is 0 Å². The monoisotopic (exact) mass is 793 g/mol. The summed E-state index contributed by atoms with van der Waals surface area (Å²) in [5.41, 5.74) is 10.2. The van der Waals surface area contributed by atoms with Crippen LogP contribution < -0.4 is 4.90 Å². The van der Waals surface area contributed by atoms with E-state index < -0.39 is 0 Å². The Kier molecular flexibility index (Phi) is 7.57. The van der Waals surface area contributed by atoms with Crippen molar-refractivity contribution in [3.63, 3.8) is 0 Å². The topological polar surface area (TPSA) is 16.4 Å². The van der Waals surface area contributed by atoms with Gasteiger partial charge >= 0.3 is 0 Å². The van der Waals surface area contributed by atoms with E-state index in [4.69, 9.17) is 4.42 Å². The van der Waals surface area contributed by atoms with Crippen LogP contribution in [0.3, 0.4) is 0 Å². The maximum absolute atomic E-state index is 9.66. The molecule has 0 aliphatic carbocycles. The summed E-state index contributed by atoms with van der Waals surface area (Å²) in [7, 11) is 0. The van der Waals surface area contributed by atoms with Crippen molar-refractivity contribution in [2.75, 3.05) is 4.90 Å². The zero-order valence-corrected chi connectivity index (χ0v) is 33.6. The molecule has 0 N–H and O–H groups in total. The molecular formula is C60H39NO. The van der Waals surface area contributed by atoms with Gasteiger partial charge in [0, 0.05) is 27.8 Å². The standard InChI is InChI=1S/C60H39NO/c1-3-13-50-42(10-1)12-7-16-51(50)45-28-35-48(36-29-45)61(49-37-30-46(31-38-49)54-18-9-21-59-60(54)57-15-5-6-20-58(57)62-59)47-33-26-41(27-34-47)40-22-24-44(25-23-40)53-17-8-19-55-52-14-4-2-11-43(52)32-39-56(53)55/h1-39H/i30D,31D,37D,38D. The van der Waals surface area contributed by atoms with Gasteiger partial charge in [-0.15, -0.1) is 0 Å². The molecular weight excluding hydrogens is 751 g/mol. The summed E-state index contributed by atoms with van der Waals surface area (Å²) in [5.74, 6) is 0. The quantitative estimate of drug-likeness (QED) is 0.149. The summed E-state index contributed by atoms with van der Waals surface area (Å²) in [6.07, 6.45) is 0. The fourth-order valence-electron chi connectivity index (χ4n) is 9.15. The Balaban J connectivity index is 0.960. The Morgan fingerprint density at radius 2 is 0.774 bits per heavy atom. The van der Waals surface area contributed by atoms with Gasteiger partial charge in [-0.2, -0.15) is 0 Å². The Morgan fingerprint density at radius 1 is 0.290 bits per heavy atom. The molecule has 0 unspecified atom stereocenters. The minimum atomic E-state index is -0.143. The van der Waals surface area contributed by atoms with E-state index in [1.807, 2.05) is 83.8 Å². The van der Waals surface area contributed by atoms with Crippen molar-refractivity contribution < 1.29 is 9.90 Å². The van der Waals surface area contributed by atoms with Gasteiger partial charge in [0.15, 0.2) is 0 Å². The van der Waals surface area contributed by atoms with Crippen molar-refractivity contribution in [2.45, 2.75) is 0 Å². The lowest BCUT2D eigenvalue weighted by molar-refractivity contribution is 0.669. The van der Waals surface area contributed by atoms with E-state index in [2.05, 4.69) is 133 Å². The van der Waals surface area contributed by atoms with Crippen LogP contribution in [0.15, 0.2) is 241 Å². The molecule has 0 aliphatic rings. The maximum atomic E-state index is 9.66. The minimum Gasteiger partial charge on any atom is -0.456 e. The fourth-order valence-corrected chi connectivity index (χ4v) is 9.15. The van der Waals surface area contributed by atoms with Crippen LogP contribution in [0.4, 0.5) is 17.1 Å². The van der Waals surface area contributed by atoms with Crippen LogP contribution in [0.1, 0.15) is 5.48 Å². The largest absolute Gasteiger partial charge is 0.456 e. The van der Waals surface area contributed by atoms with Crippen LogP contribution in [0.2, 0.25) is 0 Å². The Bertz CT molecular complexity index is 3820. The van der Waals surface area contributed by atoms with Gasteiger partial charge in [0.1, 0.15) is 11.2 Å². The van der Waals surface area contributed by atoms with Gasteiger partial charge in [-0.05, 0) is 125 Å². The lowest BCUT2D eigenvalue weighted by Crippen LogP contribution is -2.09. The van der Waals surface area contributed by atoms with Crippen molar-refractivity contribution in [3.05, 3.63) is 236 Å². The zero-order chi connectivity index (χ0) is 44.5. The average Bonchev–Trinajstić information content (AvgIpc) is 3.76. The number of nitrogens with zero attached hydrogens (tertiary/aromatic N) is 1. The van der Waals surface area contributed by atoms with Crippen LogP contribution in [0.5, 0.6) is 0 Å². The summed E-state index contributed by atoms with van der Waals surface area (Å²) in [4.78, 5) is 1.85. The molecule has 0 saturated carbocycles. The minimum absolute atomic E-state index is 0.128. The first-order valence-corrected chi connectivity index (χ1v) is 20.9. The Morgan fingerprint density at radius 3 is 1.50 bits per heavy atom. The van der Waals surface area contributed by atoms with Crippen LogP contribution in [0.25, 0.3) is 98.8 Å². The number of fused-ring (bicyclic) bond motifs is 7. The number of para-hydroxylation sites is 1. The van der Waals surface area contributed by atoms with E-state index in [0.29, 0.717) is 28.1 Å². The van der Waals surface area contributed by atoms with E-state index in [0.717, 1.165) is 49.4 Å². The van der Waals surface area contributed by atoms with Crippen molar-refractivity contribution in [3.8, 4) is 44.5 Å². The highest BCUT2D eigenvalue weighted by Gasteiger charge is 2.17. The van der Waals surface area contributed by atoms with Crippen LogP contribution in [-0.2, 0) is 0 Å². The predicted molar refractivity (Wildman–Crippen MR) is 263 cm³/mol. The molecule has 0 atom stereocenters. The lowest BCUT2D eigenvalue weighted by atomic mass is 9.93. The van der Waals surface area contributed by atoms with E-state index in [-0.39, 0.29) is 35.4 Å². The first-order valence-electron chi connectivity index (χ1n) is 22.9. The second-order valence-corrected chi connectivity index (χ2v) is 15.7. The van der Waals surface area contributed by atoms with Gasteiger partial charge in [-0.25, -0.2) is 0 Å². The normalized spacial score (nSPS) is 12.5. The van der Waals surface area contributed by atoms with Crippen molar-refractivity contribution in [1.29, 1.82) is 0 Å². The second-order valence-electron chi connectivity index (χ2n) is 15.7. The summed E-state index contributed by atoms with van der Waals surface area (Å²) < 4.78 is 44.6. The summed E-state index contributed by atoms with van der Waals surface area (Å²) in [6, 6.07) is 71.7. The molecule has 290 valence electrons. The highest BCUT2D eigenvalue weighted by atomic mass is 16.3. The van der Waals surface area contributed by atoms with Gasteiger partial charge in [-0.1, -0.05) is 188 Å². The van der Waals surface area contributed by atoms with Crippen molar-refractivity contribution in [2.24, 2.45) is 0 Å². The third kappa shape index (κ3) is 6.12. The molecule has 0 radical (unpaired) electrons. The summed E-state index contributed by atoms with van der Waals surface area (Å²) >= 11 is 0. The Hall–Kier alpha value is -8.20. The highest BCUT2D eigenvalue weighted by Crippen LogP contribution is 2.41. The smallest absolute Gasteiger partial charge is 0.136 e. The lowest BCUT2D eigenvalue weighted by Gasteiger charge is -2.26. The molecule has 0 saturated heterocycles. The molecule has 2 nitrogen and oxygen atoms in total. The van der Waals surface area contributed by atoms with E-state index >= 15 is 0 Å². The third-order valence-corrected chi connectivity index (χ3v) is 12.2. The average molecular weight is 794 g/mol. The zero-order valence-electron chi connectivity index (χ0n) is 37.6. The van der Waals surface area contributed by atoms with Gasteiger partial charge in [-0.3, -0.25) is 0 Å². The number of hydrogen-bond acceptors (Lipinski definition) is 2. The number of furan rings is 1. The van der Waals surface area contributed by atoms with E-state index in [1.54, 1.807) is 0 Å². The molecule has 0 fully saturated rings. The Labute approximate surface area is 365 Å². The first kappa shape index (κ1) is 31.7. The molecule has 0 spiro atoms. The fraction of sp³-hybridized carbons (Fsp3) is 0. The first-order chi connectivity index (χ1) is 32.4. The molecule has 11 aromatic carbocycles. The molecule has 2 heteroatoms. The molecule has 0 amide bonds. The molecule has 1 heterocycles. The summed E-state index contributed by atoms with van der Waals surface area (Å²) in [5, 5.41) is 8.84. The molecule has 0 bridgehead atoms. The number of anilines is 3. The van der Waals surface area contributed by atoms with Gasteiger partial charge in [0.25, 0.3) is 0 Å². The predicted octanol–water partition coefficient (Wildman–Crippen LogP) is 17.2. The van der Waals surface area contributed by atoms with Crippen molar-refractivity contribution >= 4 is 71.3 Å². The highest BCUT2D eigenvalue weighted by molar-refractivity contribution is 6.13.